The van der Waals surface area contributed by atoms with Crippen LogP contribution in [-0.2, 0) is 9.47 Å². The lowest BCUT2D eigenvalue weighted by Crippen LogP contribution is -2.73. The Labute approximate surface area is 168 Å². The molecule has 4 atom stereocenters. The first-order valence-corrected chi connectivity index (χ1v) is 9.40. The highest BCUT2D eigenvalue weighted by Crippen LogP contribution is 2.70. The van der Waals surface area contributed by atoms with Gasteiger partial charge < -0.3 is 18.9 Å². The molecule has 2 bridgehead atoms. The highest BCUT2D eigenvalue weighted by atomic mass is 16.7. The summed E-state index contributed by atoms with van der Waals surface area (Å²) < 4.78 is 23.2. The van der Waals surface area contributed by atoms with E-state index < -0.39 is 34.5 Å². The van der Waals surface area contributed by atoms with Crippen molar-refractivity contribution in [3.63, 3.8) is 0 Å². The van der Waals surface area contributed by atoms with Crippen LogP contribution in [0.2, 0.25) is 0 Å². The first kappa shape index (κ1) is 19.1. The Kier molecular flexibility index (Phi) is 4.19. The SMILES string of the molecule is COc1cccc([C@H]2O[C@@]34CCCC[C@@H]3C(C#N)(C#N)[C@]2(C#N)C(=N)O4)c1OC. The monoisotopic (exact) mass is 392 g/mol. The predicted octanol–water partition coefficient (Wildman–Crippen LogP) is 3.21. The molecule has 1 aliphatic carbocycles. The molecule has 0 radical (unpaired) electrons. The van der Waals surface area contributed by atoms with E-state index in [1.165, 1.54) is 14.2 Å². The zero-order valence-electron chi connectivity index (χ0n) is 16.2. The van der Waals surface area contributed by atoms with E-state index in [1.54, 1.807) is 18.2 Å². The predicted molar refractivity (Wildman–Crippen MR) is 98.6 cm³/mol. The molecule has 5 rings (SSSR count). The number of hydrogen-bond acceptors (Lipinski definition) is 8. The molecule has 1 aromatic carbocycles. The lowest BCUT2D eigenvalue weighted by molar-refractivity contribution is -0.360. The van der Waals surface area contributed by atoms with E-state index in [-0.39, 0.29) is 0 Å². The van der Waals surface area contributed by atoms with E-state index in [1.807, 2.05) is 0 Å². The number of ether oxygens (including phenoxy) is 4. The molecule has 1 N–H and O–H groups in total. The summed E-state index contributed by atoms with van der Waals surface area (Å²) in [6, 6.07) is 11.5. The van der Waals surface area contributed by atoms with Gasteiger partial charge in [0.1, 0.15) is 6.10 Å². The number of para-hydroxylation sites is 1. The summed E-state index contributed by atoms with van der Waals surface area (Å²) in [4.78, 5) is 0. The molecule has 8 heteroatoms. The zero-order valence-corrected chi connectivity index (χ0v) is 16.2. The fourth-order valence-electron chi connectivity index (χ4n) is 5.24. The second-order valence-electron chi connectivity index (χ2n) is 7.57. The van der Waals surface area contributed by atoms with Crippen LogP contribution in [0.15, 0.2) is 18.2 Å². The fraction of sp³-hybridized carbons (Fsp3) is 0.524. The van der Waals surface area contributed by atoms with Gasteiger partial charge in [0.05, 0.1) is 38.3 Å². The van der Waals surface area contributed by atoms with E-state index in [0.29, 0.717) is 29.9 Å². The first-order chi connectivity index (χ1) is 14.0. The maximum absolute atomic E-state index is 10.3. The Morgan fingerprint density at radius 1 is 1.10 bits per heavy atom. The van der Waals surface area contributed by atoms with Crippen molar-refractivity contribution in [3.8, 4) is 29.7 Å². The van der Waals surface area contributed by atoms with Crippen LogP contribution >= 0.6 is 0 Å². The normalized spacial score (nSPS) is 34.0. The molecule has 4 aliphatic rings. The summed E-state index contributed by atoms with van der Waals surface area (Å²) in [5.41, 5.74) is -3.27. The third-order valence-electron chi connectivity index (χ3n) is 6.53. The molecule has 29 heavy (non-hydrogen) atoms. The molecule has 0 amide bonds. The van der Waals surface area contributed by atoms with Crippen molar-refractivity contribution < 1.29 is 18.9 Å². The minimum Gasteiger partial charge on any atom is -0.493 e. The zero-order chi connectivity index (χ0) is 20.9. The number of nitrogens with zero attached hydrogens (tertiary/aromatic N) is 3. The average molecular weight is 392 g/mol. The molecular formula is C21H20N4O4. The molecule has 3 aliphatic heterocycles. The molecule has 1 spiro atoms. The van der Waals surface area contributed by atoms with Crippen LogP contribution in [-0.4, -0.2) is 25.9 Å². The molecule has 4 fully saturated rings. The van der Waals surface area contributed by atoms with Gasteiger partial charge in [-0.1, -0.05) is 18.6 Å². The largest absolute Gasteiger partial charge is 0.493 e. The van der Waals surface area contributed by atoms with Crippen molar-refractivity contribution in [2.45, 2.75) is 37.6 Å². The number of methoxy groups -OCH3 is 2. The van der Waals surface area contributed by atoms with Gasteiger partial charge in [-0.05, 0) is 18.9 Å². The summed E-state index contributed by atoms with van der Waals surface area (Å²) in [6.45, 7) is 0. The van der Waals surface area contributed by atoms with Gasteiger partial charge in [-0.15, -0.1) is 0 Å². The van der Waals surface area contributed by atoms with Crippen LogP contribution in [0.25, 0.3) is 0 Å². The van der Waals surface area contributed by atoms with Crippen molar-refractivity contribution in [2.75, 3.05) is 14.2 Å². The number of nitrogens with one attached hydrogen (secondary N) is 1. The van der Waals surface area contributed by atoms with Crippen LogP contribution in [0.5, 0.6) is 11.5 Å². The molecule has 8 nitrogen and oxygen atoms in total. The van der Waals surface area contributed by atoms with E-state index in [9.17, 15) is 15.8 Å². The maximum Gasteiger partial charge on any atom is 0.218 e. The van der Waals surface area contributed by atoms with Gasteiger partial charge in [0.25, 0.3) is 0 Å². The Bertz CT molecular complexity index is 989. The lowest BCUT2D eigenvalue weighted by atomic mass is 9.48. The minimum atomic E-state index is -1.93. The third-order valence-corrected chi connectivity index (χ3v) is 6.53. The number of rotatable bonds is 3. The highest BCUT2D eigenvalue weighted by Gasteiger charge is 2.80. The Hall–Kier alpha value is -3.28. The lowest BCUT2D eigenvalue weighted by Gasteiger charge is -2.63. The number of hydrogen-bond donors (Lipinski definition) is 1. The topological polar surface area (TPSA) is 132 Å². The second kappa shape index (κ2) is 6.37. The summed E-state index contributed by atoms with van der Waals surface area (Å²) in [7, 11) is 2.96. The Morgan fingerprint density at radius 2 is 1.86 bits per heavy atom. The molecule has 0 aromatic heterocycles. The van der Waals surface area contributed by atoms with Gasteiger partial charge in [-0.2, -0.15) is 15.8 Å². The van der Waals surface area contributed by atoms with Crippen LogP contribution in [0, 0.1) is 56.2 Å². The van der Waals surface area contributed by atoms with Crippen LogP contribution in [0.3, 0.4) is 0 Å². The van der Waals surface area contributed by atoms with Gasteiger partial charge >= 0.3 is 0 Å². The van der Waals surface area contributed by atoms with E-state index in [0.717, 1.165) is 12.8 Å². The molecule has 3 saturated heterocycles. The Morgan fingerprint density at radius 3 is 2.48 bits per heavy atom. The number of benzene rings is 1. The molecule has 1 aromatic rings. The summed E-state index contributed by atoms with van der Waals surface area (Å²) in [5, 5.41) is 39.4. The molecular weight excluding hydrogens is 372 g/mol. The standard InChI is InChI=1S/C21H20N4O4/c1-26-14-7-5-6-13(16(14)27-2)17-20(12-24)18(25)29-21(28-17)9-4-3-8-15(21)19(20,10-22)11-23/h5-7,15,17,25H,3-4,8-9H2,1-2H3/t15-,17-,20+,21-/m1/s1. The van der Waals surface area contributed by atoms with Crippen LogP contribution in [0.4, 0.5) is 0 Å². The van der Waals surface area contributed by atoms with E-state index in [4.69, 9.17) is 24.4 Å². The van der Waals surface area contributed by atoms with Gasteiger partial charge in [-0.3, -0.25) is 5.41 Å². The minimum absolute atomic E-state index is 0.337. The third kappa shape index (κ3) is 2.06. The van der Waals surface area contributed by atoms with Crippen molar-refractivity contribution >= 4 is 5.90 Å². The quantitative estimate of drug-likeness (QED) is 0.835. The summed E-state index contributed by atoms with van der Waals surface area (Å²) >= 11 is 0. The van der Waals surface area contributed by atoms with Crippen molar-refractivity contribution in [2.24, 2.45) is 16.7 Å². The smallest absolute Gasteiger partial charge is 0.218 e. The average Bonchev–Trinajstić information content (AvgIpc) is 2.76. The molecule has 1 saturated carbocycles. The Balaban J connectivity index is 2.04. The van der Waals surface area contributed by atoms with Crippen LogP contribution in [0.1, 0.15) is 37.4 Å². The first-order valence-electron chi connectivity index (χ1n) is 9.40. The van der Waals surface area contributed by atoms with Gasteiger partial charge in [0.2, 0.25) is 11.7 Å². The molecule has 0 unspecified atom stereocenters. The highest BCUT2D eigenvalue weighted by molar-refractivity contribution is 5.89. The van der Waals surface area contributed by atoms with Crippen LogP contribution < -0.4 is 9.47 Å². The summed E-state index contributed by atoms with van der Waals surface area (Å²) in [5.74, 6) is -1.56. The molecule has 3 heterocycles. The van der Waals surface area contributed by atoms with Gasteiger partial charge in [-0.25, -0.2) is 0 Å². The second-order valence-corrected chi connectivity index (χ2v) is 7.57. The van der Waals surface area contributed by atoms with Crippen molar-refractivity contribution in [1.82, 2.24) is 0 Å². The van der Waals surface area contributed by atoms with Gasteiger partial charge in [0.15, 0.2) is 22.3 Å². The van der Waals surface area contributed by atoms with Gasteiger partial charge in [0, 0.05) is 12.0 Å². The fourth-order valence-corrected chi connectivity index (χ4v) is 5.24. The van der Waals surface area contributed by atoms with Crippen molar-refractivity contribution in [3.05, 3.63) is 23.8 Å². The number of nitriles is 3. The molecule has 148 valence electrons. The maximum atomic E-state index is 10.3. The number of fused-ring (bicyclic) bond motifs is 2. The summed E-state index contributed by atoms with van der Waals surface area (Å²) in [6.07, 6.45) is 1.44. The van der Waals surface area contributed by atoms with E-state index in [2.05, 4.69) is 18.2 Å². The van der Waals surface area contributed by atoms with E-state index >= 15 is 0 Å². The van der Waals surface area contributed by atoms with Crippen molar-refractivity contribution in [1.29, 1.82) is 21.2 Å².